The Bertz CT molecular complexity index is 644. The molecule has 0 aliphatic rings. The molecule has 114 valence electrons. The minimum atomic E-state index is -0.859. The van der Waals surface area contributed by atoms with Crippen LogP contribution in [-0.2, 0) is 13.0 Å². The van der Waals surface area contributed by atoms with E-state index in [1.54, 1.807) is 6.07 Å². The van der Waals surface area contributed by atoms with Gasteiger partial charge in [0.15, 0.2) is 0 Å². The average Bonchev–Trinajstić information content (AvgIpc) is 2.74. The normalized spacial score (nSPS) is 11.2. The molecule has 0 amide bonds. The molecule has 3 N–H and O–H groups in total. The highest BCUT2D eigenvalue weighted by Crippen LogP contribution is 2.30. The van der Waals surface area contributed by atoms with E-state index in [4.69, 9.17) is 5.73 Å². The average molecular weight is 288 g/mol. The van der Waals surface area contributed by atoms with Gasteiger partial charge in [-0.25, -0.2) is 4.79 Å². The predicted molar refractivity (Wildman–Crippen MR) is 85.9 cm³/mol. The molecule has 1 aromatic heterocycles. The van der Waals surface area contributed by atoms with E-state index in [0.717, 1.165) is 48.7 Å². The van der Waals surface area contributed by atoms with E-state index in [-0.39, 0.29) is 0 Å². The van der Waals surface area contributed by atoms with E-state index < -0.39 is 5.97 Å². The number of aromatic carboxylic acids is 1. The van der Waals surface area contributed by atoms with Crippen LogP contribution in [0.15, 0.2) is 18.2 Å². The second-order valence-corrected chi connectivity index (χ2v) is 5.47. The molecule has 0 fully saturated rings. The largest absolute Gasteiger partial charge is 0.478 e. The van der Waals surface area contributed by atoms with Crippen molar-refractivity contribution >= 4 is 16.9 Å². The standard InChI is InChI=1S/C17H24N2O2/c1-3-4-11-19-12(2)13(8-6-10-18)16-14(17(20)21)7-5-9-15(16)19/h5,7,9H,3-4,6,8,10-11,18H2,1-2H3,(H,20,21). The van der Waals surface area contributed by atoms with Crippen molar-refractivity contribution in [2.45, 2.75) is 46.1 Å². The first-order chi connectivity index (χ1) is 10.1. The van der Waals surface area contributed by atoms with Crippen molar-refractivity contribution in [1.29, 1.82) is 0 Å². The van der Waals surface area contributed by atoms with Crippen LogP contribution in [0.4, 0.5) is 0 Å². The van der Waals surface area contributed by atoms with E-state index in [9.17, 15) is 9.90 Å². The number of carboxylic acids is 1. The monoisotopic (exact) mass is 288 g/mol. The Balaban J connectivity index is 2.66. The molecule has 0 aliphatic carbocycles. The number of hydrogen-bond acceptors (Lipinski definition) is 2. The third kappa shape index (κ3) is 2.95. The fourth-order valence-electron chi connectivity index (χ4n) is 2.97. The number of fused-ring (bicyclic) bond motifs is 1. The minimum Gasteiger partial charge on any atom is -0.478 e. The van der Waals surface area contributed by atoms with Crippen molar-refractivity contribution < 1.29 is 9.90 Å². The van der Waals surface area contributed by atoms with Crippen molar-refractivity contribution in [3.63, 3.8) is 0 Å². The van der Waals surface area contributed by atoms with Gasteiger partial charge in [0.2, 0.25) is 0 Å². The Labute approximate surface area is 125 Å². The summed E-state index contributed by atoms with van der Waals surface area (Å²) in [4.78, 5) is 11.5. The van der Waals surface area contributed by atoms with Gasteiger partial charge in [0.1, 0.15) is 0 Å². The molecule has 2 rings (SSSR count). The summed E-state index contributed by atoms with van der Waals surface area (Å²) in [6, 6.07) is 5.55. The number of benzene rings is 1. The van der Waals surface area contributed by atoms with E-state index in [1.165, 1.54) is 5.69 Å². The number of unbranched alkanes of at least 4 members (excludes halogenated alkanes) is 1. The fourth-order valence-corrected chi connectivity index (χ4v) is 2.97. The summed E-state index contributed by atoms with van der Waals surface area (Å²) in [5.74, 6) is -0.859. The van der Waals surface area contributed by atoms with Crippen LogP contribution >= 0.6 is 0 Å². The van der Waals surface area contributed by atoms with Gasteiger partial charge in [0, 0.05) is 23.1 Å². The molecule has 0 atom stereocenters. The second-order valence-electron chi connectivity index (χ2n) is 5.47. The first kappa shape index (κ1) is 15.6. The lowest BCUT2D eigenvalue weighted by atomic mass is 10.0. The lowest BCUT2D eigenvalue weighted by Gasteiger charge is -2.07. The van der Waals surface area contributed by atoms with Gasteiger partial charge in [0.05, 0.1) is 5.56 Å². The van der Waals surface area contributed by atoms with E-state index in [0.29, 0.717) is 12.1 Å². The number of nitrogens with two attached hydrogens (primary N) is 1. The van der Waals surface area contributed by atoms with Crippen molar-refractivity contribution in [3.05, 3.63) is 35.0 Å². The Morgan fingerprint density at radius 1 is 1.33 bits per heavy atom. The summed E-state index contributed by atoms with van der Waals surface area (Å²) in [7, 11) is 0. The smallest absolute Gasteiger partial charge is 0.336 e. The lowest BCUT2D eigenvalue weighted by molar-refractivity contribution is 0.0699. The highest BCUT2D eigenvalue weighted by molar-refractivity contribution is 6.05. The first-order valence-electron chi connectivity index (χ1n) is 7.65. The zero-order valence-corrected chi connectivity index (χ0v) is 12.9. The first-order valence-corrected chi connectivity index (χ1v) is 7.65. The summed E-state index contributed by atoms with van der Waals surface area (Å²) in [6.07, 6.45) is 3.93. The number of rotatable bonds is 7. The molecule has 0 saturated heterocycles. The van der Waals surface area contributed by atoms with Gasteiger partial charge < -0.3 is 15.4 Å². The van der Waals surface area contributed by atoms with Gasteiger partial charge in [-0.3, -0.25) is 0 Å². The fraction of sp³-hybridized carbons (Fsp3) is 0.471. The van der Waals surface area contributed by atoms with E-state index in [1.807, 2.05) is 12.1 Å². The third-order valence-corrected chi connectivity index (χ3v) is 4.07. The molecule has 1 aromatic carbocycles. The van der Waals surface area contributed by atoms with Crippen LogP contribution in [0.5, 0.6) is 0 Å². The molecule has 4 heteroatoms. The summed E-state index contributed by atoms with van der Waals surface area (Å²) in [5.41, 5.74) is 9.39. The molecular weight excluding hydrogens is 264 g/mol. The molecule has 2 aromatic rings. The maximum Gasteiger partial charge on any atom is 0.336 e. The van der Waals surface area contributed by atoms with E-state index >= 15 is 0 Å². The highest BCUT2D eigenvalue weighted by atomic mass is 16.4. The van der Waals surface area contributed by atoms with Crippen molar-refractivity contribution in [1.82, 2.24) is 4.57 Å². The minimum absolute atomic E-state index is 0.401. The van der Waals surface area contributed by atoms with Crippen molar-refractivity contribution in [2.75, 3.05) is 6.54 Å². The molecule has 0 saturated carbocycles. The number of nitrogens with zero attached hydrogens (tertiary/aromatic N) is 1. The summed E-state index contributed by atoms with van der Waals surface area (Å²) >= 11 is 0. The van der Waals surface area contributed by atoms with Gasteiger partial charge >= 0.3 is 5.97 Å². The van der Waals surface area contributed by atoms with Gasteiger partial charge in [-0.15, -0.1) is 0 Å². The van der Waals surface area contributed by atoms with E-state index in [2.05, 4.69) is 18.4 Å². The Morgan fingerprint density at radius 3 is 2.71 bits per heavy atom. The van der Waals surface area contributed by atoms with Crippen molar-refractivity contribution in [3.8, 4) is 0 Å². The summed E-state index contributed by atoms with van der Waals surface area (Å²) in [5, 5.41) is 10.4. The number of aromatic nitrogens is 1. The molecule has 0 radical (unpaired) electrons. The van der Waals surface area contributed by atoms with Crippen molar-refractivity contribution in [2.24, 2.45) is 5.73 Å². The Hall–Kier alpha value is -1.81. The van der Waals surface area contributed by atoms with Gasteiger partial charge in [-0.1, -0.05) is 19.4 Å². The topological polar surface area (TPSA) is 68.2 Å². The SMILES string of the molecule is CCCCn1c(C)c(CCCN)c2c(C(=O)O)cccc21. The van der Waals surface area contributed by atoms with Crippen LogP contribution < -0.4 is 5.73 Å². The van der Waals surface area contributed by atoms with Gasteiger partial charge in [-0.05, 0) is 50.4 Å². The van der Waals surface area contributed by atoms with Gasteiger partial charge in [-0.2, -0.15) is 0 Å². The molecule has 0 spiro atoms. The summed E-state index contributed by atoms with van der Waals surface area (Å²) < 4.78 is 2.26. The van der Waals surface area contributed by atoms with Crippen LogP contribution in [0.2, 0.25) is 0 Å². The maximum atomic E-state index is 11.5. The number of carbonyl (C=O) groups is 1. The molecule has 0 bridgehead atoms. The Kier molecular flexibility index (Phi) is 5.02. The zero-order valence-electron chi connectivity index (χ0n) is 12.9. The predicted octanol–water partition coefficient (Wildman–Crippen LogP) is 3.34. The van der Waals surface area contributed by atoms with Crippen LogP contribution in [0, 0.1) is 6.92 Å². The molecule has 0 unspecified atom stereocenters. The van der Waals surface area contributed by atoms with Crippen LogP contribution in [0.1, 0.15) is 47.8 Å². The molecule has 1 heterocycles. The molecular formula is C17H24N2O2. The van der Waals surface area contributed by atoms with Crippen LogP contribution in [0.3, 0.4) is 0 Å². The maximum absolute atomic E-state index is 11.5. The molecule has 21 heavy (non-hydrogen) atoms. The summed E-state index contributed by atoms with van der Waals surface area (Å²) in [6.45, 7) is 5.81. The molecule has 0 aliphatic heterocycles. The number of carboxylic acid groups (broad SMARTS) is 1. The lowest BCUT2D eigenvalue weighted by Crippen LogP contribution is -2.03. The third-order valence-electron chi connectivity index (χ3n) is 4.07. The van der Waals surface area contributed by atoms with Crippen LogP contribution in [0.25, 0.3) is 10.9 Å². The molecule has 4 nitrogen and oxygen atoms in total. The highest BCUT2D eigenvalue weighted by Gasteiger charge is 2.19. The van der Waals surface area contributed by atoms with Gasteiger partial charge in [0.25, 0.3) is 0 Å². The van der Waals surface area contributed by atoms with Crippen LogP contribution in [-0.4, -0.2) is 22.2 Å². The Morgan fingerprint density at radius 2 is 2.10 bits per heavy atom. The second kappa shape index (κ2) is 6.76. The number of aryl methyl sites for hydroxylation is 2. The zero-order chi connectivity index (χ0) is 15.4. The quantitative estimate of drug-likeness (QED) is 0.821. The number of hydrogen-bond donors (Lipinski definition) is 2.